The first-order valence-corrected chi connectivity index (χ1v) is 10.2. The number of aliphatic hydroxyl groups excluding tert-OH is 1. The average Bonchev–Trinajstić information content (AvgIpc) is 3.23. The predicted octanol–water partition coefficient (Wildman–Crippen LogP) is 3.10. The summed E-state index contributed by atoms with van der Waals surface area (Å²) >= 11 is 0. The molecule has 4 aromatic rings. The molecule has 0 aliphatic heterocycles. The normalized spacial score (nSPS) is 11.0. The number of ether oxygens (including phenoxy) is 1. The van der Waals surface area contributed by atoms with Gasteiger partial charge in [0.15, 0.2) is 6.61 Å². The highest BCUT2D eigenvalue weighted by atomic mass is 19.1. The molecule has 32 heavy (non-hydrogen) atoms. The minimum Gasteiger partial charge on any atom is -0.481 e. The molecule has 0 aliphatic carbocycles. The van der Waals surface area contributed by atoms with Crippen molar-refractivity contribution in [3.8, 4) is 11.4 Å². The van der Waals surface area contributed by atoms with Gasteiger partial charge in [0.1, 0.15) is 28.3 Å². The number of nitrogens with one attached hydrogen (secondary N) is 1. The van der Waals surface area contributed by atoms with Crippen molar-refractivity contribution in [3.63, 3.8) is 0 Å². The third kappa shape index (κ3) is 4.92. The van der Waals surface area contributed by atoms with E-state index in [9.17, 15) is 14.3 Å². The molecule has 1 aromatic heterocycles. The molecule has 8 heteroatoms. The van der Waals surface area contributed by atoms with E-state index < -0.39 is 0 Å². The van der Waals surface area contributed by atoms with Crippen LogP contribution in [-0.2, 0) is 17.8 Å². The van der Waals surface area contributed by atoms with Gasteiger partial charge in [-0.15, -0.1) is 15.0 Å². The van der Waals surface area contributed by atoms with Crippen LogP contribution in [0.25, 0.3) is 16.7 Å². The first-order chi connectivity index (χ1) is 15.5. The van der Waals surface area contributed by atoms with Crippen molar-refractivity contribution in [2.45, 2.75) is 19.9 Å². The number of benzene rings is 3. The fourth-order valence-electron chi connectivity index (χ4n) is 3.23. The Bertz CT molecular complexity index is 1220. The molecule has 0 unspecified atom stereocenters. The second-order valence-electron chi connectivity index (χ2n) is 7.40. The summed E-state index contributed by atoms with van der Waals surface area (Å²) in [5, 5.41) is 21.0. The molecule has 7 nitrogen and oxygen atoms in total. The second kappa shape index (κ2) is 9.57. The van der Waals surface area contributed by atoms with Crippen molar-refractivity contribution in [1.29, 1.82) is 0 Å². The zero-order chi connectivity index (χ0) is 22.5. The van der Waals surface area contributed by atoms with Gasteiger partial charge in [-0.05, 0) is 60.4 Å². The number of aryl methyl sites for hydroxylation is 1. The van der Waals surface area contributed by atoms with Crippen molar-refractivity contribution in [1.82, 2.24) is 20.3 Å². The molecule has 1 amide bonds. The zero-order valence-corrected chi connectivity index (χ0v) is 17.6. The number of fused-ring (bicyclic) bond motifs is 1. The Morgan fingerprint density at radius 2 is 1.78 bits per heavy atom. The van der Waals surface area contributed by atoms with Gasteiger partial charge in [0, 0.05) is 13.2 Å². The van der Waals surface area contributed by atoms with Crippen LogP contribution in [0.15, 0.2) is 60.7 Å². The van der Waals surface area contributed by atoms with Gasteiger partial charge >= 0.3 is 0 Å². The van der Waals surface area contributed by atoms with Crippen LogP contribution >= 0.6 is 0 Å². The van der Waals surface area contributed by atoms with E-state index in [4.69, 9.17) is 4.74 Å². The summed E-state index contributed by atoms with van der Waals surface area (Å²) < 4.78 is 19.4. The molecule has 0 fully saturated rings. The van der Waals surface area contributed by atoms with E-state index in [1.165, 1.54) is 10.9 Å². The fraction of sp³-hybridized carbons (Fsp3) is 0.208. The van der Waals surface area contributed by atoms with Crippen LogP contribution in [-0.4, -0.2) is 39.2 Å². The molecule has 0 saturated heterocycles. The maximum atomic E-state index is 13.7. The lowest BCUT2D eigenvalue weighted by atomic mass is 10.1. The van der Waals surface area contributed by atoms with Crippen molar-refractivity contribution >= 4 is 16.9 Å². The van der Waals surface area contributed by atoms with E-state index in [0.717, 1.165) is 16.6 Å². The summed E-state index contributed by atoms with van der Waals surface area (Å²) in [6.45, 7) is 1.68. The quantitative estimate of drug-likeness (QED) is 0.445. The SMILES string of the molecule is Cc1ccc(CNC(=O)COc2ccc(CCO)cc2-n2nc3ccccc3n2)cc1F. The zero-order valence-electron chi connectivity index (χ0n) is 17.6. The molecule has 0 atom stereocenters. The summed E-state index contributed by atoms with van der Waals surface area (Å²) in [4.78, 5) is 13.8. The molecular weight excluding hydrogens is 411 g/mol. The number of halogens is 1. The van der Waals surface area contributed by atoms with E-state index in [0.29, 0.717) is 29.0 Å². The Labute approximate surface area is 184 Å². The number of amides is 1. The Hall–Kier alpha value is -3.78. The minimum absolute atomic E-state index is 0.0101. The van der Waals surface area contributed by atoms with E-state index in [2.05, 4.69) is 15.5 Å². The van der Waals surface area contributed by atoms with Gasteiger partial charge in [-0.25, -0.2) is 4.39 Å². The van der Waals surface area contributed by atoms with E-state index in [1.807, 2.05) is 36.4 Å². The highest BCUT2D eigenvalue weighted by Crippen LogP contribution is 2.25. The Morgan fingerprint density at radius 1 is 1.06 bits per heavy atom. The standard InChI is InChI=1S/C24H23FN4O3/c1-16-6-7-18(12-19(16)25)14-26-24(31)15-32-23-9-8-17(10-11-30)13-22(23)29-27-20-4-2-3-5-21(20)28-29/h2-9,12-13,30H,10-11,14-15H2,1H3,(H,26,31). The summed E-state index contributed by atoms with van der Waals surface area (Å²) in [5.74, 6) is -0.210. The Morgan fingerprint density at radius 3 is 2.47 bits per heavy atom. The summed E-state index contributed by atoms with van der Waals surface area (Å²) in [6, 6.07) is 17.7. The van der Waals surface area contributed by atoms with Gasteiger partial charge in [-0.1, -0.05) is 30.3 Å². The number of aliphatic hydroxyl groups is 1. The van der Waals surface area contributed by atoms with Crippen LogP contribution in [0, 0.1) is 12.7 Å². The molecule has 0 bridgehead atoms. The summed E-state index contributed by atoms with van der Waals surface area (Å²) in [6.07, 6.45) is 0.474. The summed E-state index contributed by atoms with van der Waals surface area (Å²) in [5.41, 5.74) is 4.15. The van der Waals surface area contributed by atoms with Crippen molar-refractivity contribution in [3.05, 3.63) is 83.2 Å². The third-order valence-electron chi connectivity index (χ3n) is 5.01. The second-order valence-corrected chi connectivity index (χ2v) is 7.40. The lowest BCUT2D eigenvalue weighted by Crippen LogP contribution is -2.28. The molecule has 0 aliphatic rings. The lowest BCUT2D eigenvalue weighted by molar-refractivity contribution is -0.123. The molecule has 164 valence electrons. The number of nitrogens with zero attached hydrogens (tertiary/aromatic N) is 3. The van der Waals surface area contributed by atoms with E-state index >= 15 is 0 Å². The van der Waals surface area contributed by atoms with Gasteiger partial charge in [-0.3, -0.25) is 4.79 Å². The predicted molar refractivity (Wildman–Crippen MR) is 118 cm³/mol. The first-order valence-electron chi connectivity index (χ1n) is 10.2. The highest BCUT2D eigenvalue weighted by molar-refractivity contribution is 5.77. The van der Waals surface area contributed by atoms with Gasteiger partial charge in [0.2, 0.25) is 0 Å². The van der Waals surface area contributed by atoms with Crippen LogP contribution in [0.1, 0.15) is 16.7 Å². The van der Waals surface area contributed by atoms with Gasteiger partial charge in [0.05, 0.1) is 0 Å². The maximum Gasteiger partial charge on any atom is 0.258 e. The number of aromatic nitrogens is 3. The molecule has 0 saturated carbocycles. The molecule has 1 heterocycles. The Kier molecular flexibility index (Phi) is 6.42. The van der Waals surface area contributed by atoms with Crippen LogP contribution < -0.4 is 10.1 Å². The van der Waals surface area contributed by atoms with Crippen molar-refractivity contribution in [2.75, 3.05) is 13.2 Å². The largest absolute Gasteiger partial charge is 0.481 e. The Balaban J connectivity index is 1.48. The van der Waals surface area contributed by atoms with E-state index in [-0.39, 0.29) is 31.5 Å². The van der Waals surface area contributed by atoms with Crippen LogP contribution in [0.5, 0.6) is 5.75 Å². The topological polar surface area (TPSA) is 89.3 Å². The minimum atomic E-state index is -0.338. The molecule has 0 radical (unpaired) electrons. The average molecular weight is 434 g/mol. The van der Waals surface area contributed by atoms with Crippen LogP contribution in [0.4, 0.5) is 4.39 Å². The van der Waals surface area contributed by atoms with Crippen LogP contribution in [0.3, 0.4) is 0 Å². The maximum absolute atomic E-state index is 13.7. The van der Waals surface area contributed by atoms with Gasteiger partial charge in [-0.2, -0.15) is 0 Å². The van der Waals surface area contributed by atoms with Gasteiger partial charge in [0.25, 0.3) is 5.91 Å². The molecular formula is C24H23FN4O3. The van der Waals surface area contributed by atoms with Crippen molar-refractivity contribution in [2.24, 2.45) is 0 Å². The van der Waals surface area contributed by atoms with Crippen molar-refractivity contribution < 1.29 is 19.0 Å². The molecule has 0 spiro atoms. The fourth-order valence-corrected chi connectivity index (χ4v) is 3.23. The lowest BCUT2D eigenvalue weighted by Gasteiger charge is -2.12. The monoisotopic (exact) mass is 434 g/mol. The molecule has 2 N–H and O–H groups in total. The number of hydrogen-bond acceptors (Lipinski definition) is 5. The highest BCUT2D eigenvalue weighted by Gasteiger charge is 2.13. The number of hydrogen-bond donors (Lipinski definition) is 2. The molecule has 4 rings (SSSR count). The third-order valence-corrected chi connectivity index (χ3v) is 5.01. The number of carbonyl (C=O) groups is 1. The summed E-state index contributed by atoms with van der Waals surface area (Å²) in [7, 11) is 0. The molecule has 3 aromatic carbocycles. The number of carbonyl (C=O) groups excluding carboxylic acids is 1. The van der Waals surface area contributed by atoms with E-state index in [1.54, 1.807) is 25.1 Å². The smallest absolute Gasteiger partial charge is 0.258 e. The van der Waals surface area contributed by atoms with Crippen LogP contribution in [0.2, 0.25) is 0 Å². The number of rotatable bonds is 8. The first kappa shape index (κ1) is 21.5. The van der Waals surface area contributed by atoms with Gasteiger partial charge < -0.3 is 15.2 Å².